The smallest absolute Gasteiger partial charge is 0.330 e. The van der Waals surface area contributed by atoms with Gasteiger partial charge in [-0.25, -0.2) is 4.79 Å². The van der Waals surface area contributed by atoms with Crippen LogP contribution in [-0.4, -0.2) is 164 Å². The Bertz CT molecular complexity index is 3560. The summed E-state index contributed by atoms with van der Waals surface area (Å²) in [4.78, 5) is 115. The third-order valence-electron chi connectivity index (χ3n) is 15.0. The highest BCUT2D eigenvalue weighted by Crippen LogP contribution is 2.48. The highest BCUT2D eigenvalue weighted by atomic mass is 35.5. The minimum atomic E-state index is -2.24. The number of halogens is 2. The number of primary amides is 1. The molecule has 0 aliphatic carbocycles. The van der Waals surface area contributed by atoms with Crippen molar-refractivity contribution in [1.82, 2.24) is 37.2 Å². The number of nitrogens with one attached hydrogen (secondary N) is 7. The fourth-order valence-electron chi connectivity index (χ4n) is 10.1. The second-order valence-electron chi connectivity index (χ2n) is 21.8. The summed E-state index contributed by atoms with van der Waals surface area (Å²) in [7, 11) is 2.80. The van der Waals surface area contributed by atoms with Crippen LogP contribution in [-0.2, 0) is 43.1 Å². The van der Waals surface area contributed by atoms with Gasteiger partial charge in [-0.05, 0) is 108 Å². The number of benzene rings is 5. The quantitative estimate of drug-likeness (QED) is 0.0639. The van der Waals surface area contributed by atoms with Crippen molar-refractivity contribution in [3.05, 3.63) is 135 Å². The Kier molecular flexibility index (Phi) is 22.0. The summed E-state index contributed by atoms with van der Waals surface area (Å²) < 4.78 is 30.1. The molecule has 0 radical (unpaired) electrons. The first-order chi connectivity index (χ1) is 43.2. The molecule has 1 fully saturated rings. The third kappa shape index (κ3) is 15.8. The average molecular weight is 1310 g/mol. The molecule has 5 aliphatic heterocycles. The number of carboxylic acids is 1. The number of fused-ring (bicyclic) bond motifs is 16. The van der Waals surface area contributed by atoms with Crippen LogP contribution in [0.15, 0.2) is 97.1 Å². The summed E-state index contributed by atoms with van der Waals surface area (Å²) in [5.74, 6) is -12.9. The van der Waals surface area contributed by atoms with Gasteiger partial charge in [0.25, 0.3) is 0 Å². The monoisotopic (exact) mass is 1300 g/mol. The molecule has 10 rings (SSSR count). The predicted octanol–water partition coefficient (Wildman–Crippen LogP) is 0.486. The van der Waals surface area contributed by atoms with Gasteiger partial charge in [-0.2, -0.15) is 0 Å². The van der Waals surface area contributed by atoms with Crippen molar-refractivity contribution in [2.75, 3.05) is 20.8 Å². The standard InChI is InChI=1S/C60H66Cl2N8O21/c1-24(2)16-34(64-3)53(79)69-45-47(74)27-10-14-36(32(61)18-27)88-38-20-29-21-39(52(38)91-60-51(78)50(77)49(76)40(23-71)90-60)89-37-15-11-28(19-33(37)62)48(75)46(58(84)68-44(59(85)86)26-6-5-7-31(17-26)87-4)70-55(81)42(25-8-12-30(72)13-9-25)67-56(82)43(29)66-54(80)35(22-41(63)73)65-57(45)83/h5-15,17-21,24,34-35,40,42-51,60,64,71-72,74-78H,16,22-23H2,1-4H3,(H2,63,73)(H,65,83)(H,66,80)(H,67,82)(H,68,84)(H,69,79)(H,70,81)(H,85,86)/t34-,35+,40-,42-,43-,44+,45-,46+,47-,48-,49-,50+,51-,60+/m1/s1. The number of aromatic hydroxyl groups is 1. The normalized spacial score (nSPS) is 25.1. The molecule has 5 aliphatic rings. The zero-order valence-electron chi connectivity index (χ0n) is 48.7. The van der Waals surface area contributed by atoms with E-state index < -0.39 is 173 Å². The van der Waals surface area contributed by atoms with E-state index in [0.29, 0.717) is 0 Å². The summed E-state index contributed by atoms with van der Waals surface area (Å²) in [6.45, 7) is 2.72. The fraction of sp³-hybridized carbons (Fsp3) is 0.367. The minimum Gasteiger partial charge on any atom is -0.508 e. The van der Waals surface area contributed by atoms with Gasteiger partial charge in [0.15, 0.2) is 17.5 Å². The van der Waals surface area contributed by atoms with Crippen LogP contribution in [0.1, 0.15) is 84.8 Å². The van der Waals surface area contributed by atoms with Gasteiger partial charge in [-0.3, -0.25) is 33.6 Å². The summed E-state index contributed by atoms with van der Waals surface area (Å²) in [6.07, 6.45) is -14.7. The highest BCUT2D eigenvalue weighted by Gasteiger charge is 2.47. The van der Waals surface area contributed by atoms with E-state index in [4.69, 9.17) is 52.6 Å². The summed E-state index contributed by atoms with van der Waals surface area (Å²) in [5.41, 5.74) is 4.73. The number of aliphatic hydroxyl groups excluding tert-OH is 6. The van der Waals surface area contributed by atoms with Gasteiger partial charge >= 0.3 is 5.97 Å². The van der Waals surface area contributed by atoms with E-state index >= 15 is 14.4 Å². The molecule has 0 saturated carbocycles. The van der Waals surface area contributed by atoms with E-state index in [1.165, 1.54) is 68.8 Å². The van der Waals surface area contributed by atoms with Crippen molar-refractivity contribution < 1.29 is 103 Å². The average Bonchev–Trinajstić information content (AvgIpc) is 1.24. The van der Waals surface area contributed by atoms with E-state index in [1.807, 2.05) is 13.8 Å². The van der Waals surface area contributed by atoms with Crippen molar-refractivity contribution in [3.8, 4) is 40.2 Å². The molecule has 0 unspecified atom stereocenters. The maximum Gasteiger partial charge on any atom is 0.330 e. The fourth-order valence-corrected chi connectivity index (χ4v) is 10.6. The molecule has 486 valence electrons. The number of phenolic OH excluding ortho intramolecular Hbond substituents is 1. The number of likely N-dealkylation sites (N-methyl/N-ethyl adjacent to an activating group) is 1. The van der Waals surface area contributed by atoms with E-state index in [1.54, 1.807) is 0 Å². The molecular formula is C60H66Cl2N8O21. The Labute approximate surface area is 528 Å². The van der Waals surface area contributed by atoms with Gasteiger partial charge in [0.05, 0.1) is 36.2 Å². The zero-order valence-corrected chi connectivity index (χ0v) is 50.2. The van der Waals surface area contributed by atoms with Crippen LogP contribution in [0.2, 0.25) is 10.0 Å². The lowest BCUT2D eigenvalue weighted by molar-refractivity contribution is -0.277. The molecule has 1 saturated heterocycles. The van der Waals surface area contributed by atoms with E-state index in [2.05, 4.69) is 37.2 Å². The number of methoxy groups -OCH3 is 1. The van der Waals surface area contributed by atoms with Gasteiger partial charge in [-0.15, -0.1) is 0 Å². The van der Waals surface area contributed by atoms with Crippen molar-refractivity contribution in [1.29, 1.82) is 0 Å². The first kappa shape index (κ1) is 68.0. The van der Waals surface area contributed by atoms with Crippen LogP contribution in [0.4, 0.5) is 0 Å². The number of aliphatic hydroxyl groups is 6. The lowest BCUT2D eigenvalue weighted by Gasteiger charge is -2.39. The number of aliphatic carboxylic acids is 1. The van der Waals surface area contributed by atoms with Crippen LogP contribution in [0.25, 0.3) is 0 Å². The van der Waals surface area contributed by atoms with Crippen LogP contribution >= 0.6 is 23.2 Å². The topological polar surface area (TPSA) is 455 Å². The van der Waals surface area contributed by atoms with Crippen molar-refractivity contribution in [3.63, 3.8) is 0 Å². The number of nitrogens with two attached hydrogens (primary N) is 1. The molecule has 5 aromatic carbocycles. The molecule has 0 spiro atoms. The molecule has 29 nitrogen and oxygen atoms in total. The summed E-state index contributed by atoms with van der Waals surface area (Å²) in [6, 6.07) is 5.87. The number of hydrogen-bond donors (Lipinski definition) is 16. The number of carbonyl (C=O) groups excluding carboxylic acids is 7. The predicted molar refractivity (Wildman–Crippen MR) is 317 cm³/mol. The van der Waals surface area contributed by atoms with E-state index in [-0.39, 0.29) is 62.6 Å². The number of amides is 7. The van der Waals surface area contributed by atoms with Crippen LogP contribution in [0.5, 0.6) is 40.2 Å². The lowest BCUT2D eigenvalue weighted by Crippen LogP contribution is -2.60. The van der Waals surface area contributed by atoms with Crippen molar-refractivity contribution >= 4 is 70.5 Å². The summed E-state index contributed by atoms with van der Waals surface area (Å²) >= 11 is 13.9. The third-order valence-corrected chi connectivity index (χ3v) is 15.6. The Morgan fingerprint density at radius 2 is 1.27 bits per heavy atom. The largest absolute Gasteiger partial charge is 0.508 e. The van der Waals surface area contributed by atoms with Crippen LogP contribution in [0, 0.1) is 5.92 Å². The van der Waals surface area contributed by atoms with Crippen molar-refractivity contribution in [2.24, 2.45) is 11.7 Å². The number of rotatable bonds is 16. The molecule has 0 aromatic heterocycles. The van der Waals surface area contributed by atoms with Crippen LogP contribution < -0.4 is 61.9 Å². The molecule has 5 heterocycles. The molecule has 5 aromatic rings. The maximum absolute atomic E-state index is 15.6. The maximum atomic E-state index is 15.6. The summed E-state index contributed by atoms with van der Waals surface area (Å²) in [5, 5.41) is 105. The van der Waals surface area contributed by atoms with Gasteiger partial charge in [0.1, 0.15) is 89.8 Å². The molecule has 7 bridgehead atoms. The van der Waals surface area contributed by atoms with E-state index in [0.717, 1.165) is 42.5 Å². The number of carboxylic acid groups (broad SMARTS) is 1. The van der Waals surface area contributed by atoms with Gasteiger partial charge in [0, 0.05) is 0 Å². The molecule has 31 heteroatoms. The Balaban J connectivity index is 1.37. The molecule has 7 amide bonds. The zero-order chi connectivity index (χ0) is 66.3. The van der Waals surface area contributed by atoms with Crippen LogP contribution in [0.3, 0.4) is 0 Å². The lowest BCUT2D eigenvalue weighted by atomic mass is 9.97. The van der Waals surface area contributed by atoms with Gasteiger partial charge in [0.2, 0.25) is 53.4 Å². The molecule has 14 atom stereocenters. The first-order valence-corrected chi connectivity index (χ1v) is 28.8. The SMILES string of the molecule is CN[C@H](CC(C)C)C(=O)N[C@H]1C(=O)N[C@@H](CC(N)=O)C(=O)N[C@H]2C(=O)N[C@H](c3ccc(O)cc3)C(=O)N[C@H](C(=O)N[C@H](C(=O)O)c3cccc(OC)c3)[C@H](O)c3ccc(c(Cl)c3)Oc3cc2cc(c3O[C@@H]2O[C@H](CO)[C@@H](O)[C@H](O)[C@H]2O)Oc2ccc(cc2Cl)[C@H]1O. The minimum absolute atomic E-state index is 0.0152. The Morgan fingerprint density at radius 1 is 0.692 bits per heavy atom. The number of carbonyl (C=O) groups is 8. The number of phenols is 1. The Morgan fingerprint density at radius 3 is 1.84 bits per heavy atom. The van der Waals surface area contributed by atoms with E-state index in [9.17, 15) is 64.8 Å². The molecule has 17 N–H and O–H groups in total. The molecule has 91 heavy (non-hydrogen) atoms. The van der Waals surface area contributed by atoms with Crippen molar-refractivity contribution in [2.45, 2.75) is 112 Å². The second kappa shape index (κ2) is 29.4. The van der Waals surface area contributed by atoms with Gasteiger partial charge < -0.3 is 107 Å². The first-order valence-electron chi connectivity index (χ1n) is 28.1. The Hall–Kier alpha value is -8.88. The van der Waals surface area contributed by atoms with Gasteiger partial charge in [-0.1, -0.05) is 73.4 Å². The highest BCUT2D eigenvalue weighted by molar-refractivity contribution is 6.32. The number of hydrogen-bond acceptors (Lipinski definition) is 21. The second-order valence-corrected chi connectivity index (χ2v) is 22.7. The molecular weight excluding hydrogens is 1240 g/mol. The number of ether oxygens (including phenoxy) is 5.